The molecule has 84 valence electrons. The molecular weight excluding hydrogens is 192 g/mol. The van der Waals surface area contributed by atoms with Crippen molar-refractivity contribution in [1.29, 1.82) is 0 Å². The molecule has 0 radical (unpaired) electrons. The molecule has 0 aliphatic heterocycles. The van der Waals surface area contributed by atoms with Gasteiger partial charge in [-0.3, -0.25) is 0 Å². The third-order valence-electron chi connectivity index (χ3n) is 2.72. The van der Waals surface area contributed by atoms with Crippen LogP contribution in [-0.4, -0.2) is 17.3 Å². The maximum atomic E-state index is 9.10. The van der Waals surface area contributed by atoms with E-state index in [9.17, 15) is 0 Å². The van der Waals surface area contributed by atoms with Crippen molar-refractivity contribution >= 4 is 0 Å². The summed E-state index contributed by atoms with van der Waals surface area (Å²) in [4.78, 5) is 0. The van der Waals surface area contributed by atoms with E-state index in [2.05, 4.69) is 13.8 Å². The first-order valence-electron chi connectivity index (χ1n) is 5.14. The predicted octanol–water partition coefficient (Wildman–Crippen LogP) is 2.19. The molecule has 1 aromatic carbocycles. The Morgan fingerprint density at radius 1 is 1.33 bits per heavy atom. The average molecular weight is 210 g/mol. The quantitative estimate of drug-likeness (QED) is 0.749. The van der Waals surface area contributed by atoms with Crippen LogP contribution in [0.15, 0.2) is 18.2 Å². The van der Waals surface area contributed by atoms with Crippen molar-refractivity contribution in [2.75, 3.05) is 7.11 Å². The van der Waals surface area contributed by atoms with Crippen LogP contribution in [0.5, 0.6) is 5.75 Å². The highest BCUT2D eigenvalue weighted by Gasteiger charge is 2.12. The van der Waals surface area contributed by atoms with Crippen molar-refractivity contribution in [2.45, 2.75) is 32.5 Å². The van der Waals surface area contributed by atoms with E-state index < -0.39 is 6.29 Å². The second-order valence-corrected chi connectivity index (χ2v) is 3.68. The van der Waals surface area contributed by atoms with Gasteiger partial charge in [0, 0.05) is 5.56 Å². The Morgan fingerprint density at radius 2 is 2.00 bits per heavy atom. The lowest BCUT2D eigenvalue weighted by atomic mass is 9.97. The van der Waals surface area contributed by atoms with Crippen LogP contribution in [0, 0.1) is 0 Å². The summed E-state index contributed by atoms with van der Waals surface area (Å²) in [6.07, 6.45) is -0.435. The van der Waals surface area contributed by atoms with E-state index in [0.29, 0.717) is 17.2 Å². The number of hydrogen-bond acceptors (Lipinski definition) is 3. The third-order valence-corrected chi connectivity index (χ3v) is 2.72. The maximum absolute atomic E-state index is 9.10. The summed E-state index contributed by atoms with van der Waals surface area (Å²) in [5.74, 6) is 0.978. The summed E-state index contributed by atoms with van der Waals surface area (Å²) in [6.45, 7) is 4.25. The molecule has 0 aliphatic rings. The molecule has 0 spiro atoms. The second kappa shape index (κ2) is 5.14. The Hall–Kier alpha value is -1.06. The standard InChI is InChI=1S/C12H18O3/c1-4-8(2)9-5-6-10(12(13)14)11(7-9)15-3/h5-8,12-14H,4H2,1-3H3. The summed E-state index contributed by atoms with van der Waals surface area (Å²) in [6, 6.07) is 5.47. The van der Waals surface area contributed by atoms with Crippen molar-refractivity contribution in [1.82, 2.24) is 0 Å². The molecule has 0 heterocycles. The Bertz CT molecular complexity index is 321. The molecule has 0 saturated carbocycles. The number of aliphatic hydroxyl groups excluding tert-OH is 1. The number of ether oxygens (including phenoxy) is 1. The predicted molar refractivity (Wildman–Crippen MR) is 58.9 cm³/mol. The Labute approximate surface area is 90.3 Å². The monoisotopic (exact) mass is 210 g/mol. The van der Waals surface area contributed by atoms with Crippen LogP contribution < -0.4 is 4.74 Å². The molecule has 2 N–H and O–H groups in total. The maximum Gasteiger partial charge on any atom is 0.182 e. The minimum absolute atomic E-state index is 0.407. The molecule has 1 rings (SSSR count). The zero-order chi connectivity index (χ0) is 11.4. The number of methoxy groups -OCH3 is 1. The minimum atomic E-state index is -1.48. The molecule has 0 aromatic heterocycles. The molecule has 15 heavy (non-hydrogen) atoms. The molecule has 0 amide bonds. The van der Waals surface area contributed by atoms with Crippen LogP contribution in [0.1, 0.15) is 43.6 Å². The largest absolute Gasteiger partial charge is 0.496 e. The van der Waals surface area contributed by atoms with Gasteiger partial charge in [0.05, 0.1) is 7.11 Å². The number of benzene rings is 1. The van der Waals surface area contributed by atoms with Gasteiger partial charge in [-0.15, -0.1) is 0 Å². The van der Waals surface area contributed by atoms with Gasteiger partial charge < -0.3 is 14.9 Å². The smallest absolute Gasteiger partial charge is 0.182 e. The molecule has 3 heteroatoms. The van der Waals surface area contributed by atoms with Gasteiger partial charge in [0.25, 0.3) is 0 Å². The summed E-state index contributed by atoms with van der Waals surface area (Å²) >= 11 is 0. The normalized spacial score (nSPS) is 12.9. The van der Waals surface area contributed by atoms with Crippen molar-refractivity contribution < 1.29 is 14.9 Å². The van der Waals surface area contributed by atoms with Crippen molar-refractivity contribution in [3.05, 3.63) is 29.3 Å². The fourth-order valence-corrected chi connectivity index (χ4v) is 1.48. The zero-order valence-corrected chi connectivity index (χ0v) is 9.40. The first-order valence-corrected chi connectivity index (χ1v) is 5.14. The zero-order valence-electron chi connectivity index (χ0n) is 9.40. The number of rotatable bonds is 4. The van der Waals surface area contributed by atoms with E-state index in [1.54, 1.807) is 6.07 Å². The second-order valence-electron chi connectivity index (χ2n) is 3.68. The van der Waals surface area contributed by atoms with E-state index in [-0.39, 0.29) is 0 Å². The Kier molecular flexibility index (Phi) is 4.12. The summed E-state index contributed by atoms with van der Waals surface area (Å²) < 4.78 is 5.12. The van der Waals surface area contributed by atoms with Gasteiger partial charge >= 0.3 is 0 Å². The lowest BCUT2D eigenvalue weighted by molar-refractivity contribution is -0.0439. The van der Waals surface area contributed by atoms with Gasteiger partial charge in [-0.1, -0.05) is 19.9 Å². The van der Waals surface area contributed by atoms with Gasteiger partial charge in [0.2, 0.25) is 0 Å². The summed E-state index contributed by atoms with van der Waals surface area (Å²) in [5, 5.41) is 18.2. The van der Waals surface area contributed by atoms with Crippen LogP contribution in [0.25, 0.3) is 0 Å². The first-order chi connectivity index (χ1) is 7.10. The van der Waals surface area contributed by atoms with E-state index in [0.717, 1.165) is 12.0 Å². The summed E-state index contributed by atoms with van der Waals surface area (Å²) in [5.41, 5.74) is 1.56. The lowest BCUT2D eigenvalue weighted by Crippen LogP contribution is -2.01. The fraction of sp³-hybridized carbons (Fsp3) is 0.500. The Balaban J connectivity index is 3.07. The molecule has 0 saturated heterocycles. The number of aliphatic hydroxyl groups is 2. The average Bonchev–Trinajstić information content (AvgIpc) is 2.26. The molecule has 3 nitrogen and oxygen atoms in total. The molecule has 0 fully saturated rings. The van der Waals surface area contributed by atoms with Gasteiger partial charge in [-0.05, 0) is 30.0 Å². The fourth-order valence-electron chi connectivity index (χ4n) is 1.48. The van der Waals surface area contributed by atoms with Crippen LogP contribution in [-0.2, 0) is 0 Å². The van der Waals surface area contributed by atoms with Crippen LogP contribution in [0.3, 0.4) is 0 Å². The Morgan fingerprint density at radius 3 is 2.47 bits per heavy atom. The van der Waals surface area contributed by atoms with Crippen LogP contribution in [0.4, 0.5) is 0 Å². The van der Waals surface area contributed by atoms with Gasteiger partial charge in [0.15, 0.2) is 6.29 Å². The topological polar surface area (TPSA) is 49.7 Å². The van der Waals surface area contributed by atoms with Crippen molar-refractivity contribution in [3.63, 3.8) is 0 Å². The van der Waals surface area contributed by atoms with E-state index in [1.807, 2.05) is 12.1 Å². The SMILES string of the molecule is CCC(C)c1ccc(C(O)O)c(OC)c1. The van der Waals surface area contributed by atoms with E-state index in [1.165, 1.54) is 7.11 Å². The molecule has 0 bridgehead atoms. The molecule has 0 aliphatic carbocycles. The lowest BCUT2D eigenvalue weighted by Gasteiger charge is -2.14. The number of hydrogen-bond donors (Lipinski definition) is 2. The van der Waals surface area contributed by atoms with Crippen LogP contribution in [0.2, 0.25) is 0 Å². The molecule has 1 aromatic rings. The highest BCUT2D eigenvalue weighted by molar-refractivity contribution is 5.39. The van der Waals surface area contributed by atoms with Gasteiger partial charge in [-0.25, -0.2) is 0 Å². The van der Waals surface area contributed by atoms with Gasteiger partial charge in [0.1, 0.15) is 5.75 Å². The molecule has 1 unspecified atom stereocenters. The van der Waals surface area contributed by atoms with Gasteiger partial charge in [-0.2, -0.15) is 0 Å². The minimum Gasteiger partial charge on any atom is -0.496 e. The first kappa shape index (κ1) is 12.0. The molecular formula is C12H18O3. The van der Waals surface area contributed by atoms with Crippen molar-refractivity contribution in [2.24, 2.45) is 0 Å². The van der Waals surface area contributed by atoms with Crippen LogP contribution >= 0.6 is 0 Å². The van der Waals surface area contributed by atoms with Crippen molar-refractivity contribution in [3.8, 4) is 5.75 Å². The highest BCUT2D eigenvalue weighted by atomic mass is 16.5. The molecule has 1 atom stereocenters. The highest BCUT2D eigenvalue weighted by Crippen LogP contribution is 2.29. The van der Waals surface area contributed by atoms with E-state index >= 15 is 0 Å². The third kappa shape index (κ3) is 2.70. The summed E-state index contributed by atoms with van der Waals surface area (Å²) in [7, 11) is 1.53. The van der Waals surface area contributed by atoms with E-state index in [4.69, 9.17) is 14.9 Å².